The summed E-state index contributed by atoms with van der Waals surface area (Å²) in [4.78, 5) is 33.2. The van der Waals surface area contributed by atoms with Crippen LogP contribution in [0.5, 0.6) is 0 Å². The molecule has 0 heterocycles. The fourth-order valence-electron chi connectivity index (χ4n) is 1.08. The van der Waals surface area contributed by atoms with Crippen molar-refractivity contribution in [1.29, 1.82) is 0 Å². The Balaban J connectivity index is 2.73. The molecule has 0 saturated heterocycles. The molecule has 0 bridgehead atoms. The van der Waals surface area contributed by atoms with Crippen molar-refractivity contribution in [2.45, 2.75) is 6.92 Å². The van der Waals surface area contributed by atoms with Gasteiger partial charge in [-0.3, -0.25) is 9.59 Å². The van der Waals surface area contributed by atoms with Crippen LogP contribution < -0.4 is 0 Å². The molecule has 0 atom stereocenters. The summed E-state index contributed by atoms with van der Waals surface area (Å²) in [5, 5.41) is 17.6. The standard InChI is InChI=1S/C12H12O6/c1-12(10(14)15,11(16)17)7-18-9(13)8-5-3-2-4-6-8/h2-6H,7H2,1H3,(H,14,15)(H,16,17). The van der Waals surface area contributed by atoms with E-state index in [2.05, 4.69) is 0 Å². The Labute approximate surface area is 103 Å². The summed E-state index contributed by atoms with van der Waals surface area (Å²) in [5.74, 6) is -3.88. The molecule has 0 fully saturated rings. The molecule has 0 aliphatic carbocycles. The highest BCUT2D eigenvalue weighted by Gasteiger charge is 2.43. The van der Waals surface area contributed by atoms with E-state index in [0.717, 1.165) is 6.92 Å². The number of hydrogen-bond acceptors (Lipinski definition) is 4. The first-order valence-corrected chi connectivity index (χ1v) is 5.07. The van der Waals surface area contributed by atoms with Crippen molar-refractivity contribution in [3.63, 3.8) is 0 Å². The van der Waals surface area contributed by atoms with E-state index in [1.165, 1.54) is 12.1 Å². The fraction of sp³-hybridized carbons (Fsp3) is 0.250. The smallest absolute Gasteiger partial charge is 0.338 e. The van der Waals surface area contributed by atoms with E-state index >= 15 is 0 Å². The van der Waals surface area contributed by atoms with Crippen LogP contribution in [0.25, 0.3) is 0 Å². The predicted molar refractivity (Wildman–Crippen MR) is 60.1 cm³/mol. The molecule has 0 aliphatic rings. The van der Waals surface area contributed by atoms with Gasteiger partial charge >= 0.3 is 17.9 Å². The molecule has 0 radical (unpaired) electrons. The van der Waals surface area contributed by atoms with E-state index in [4.69, 9.17) is 14.9 Å². The van der Waals surface area contributed by atoms with Gasteiger partial charge in [-0.25, -0.2) is 4.79 Å². The number of carboxylic acid groups (broad SMARTS) is 2. The van der Waals surface area contributed by atoms with Gasteiger partial charge in [0.05, 0.1) is 5.56 Å². The zero-order valence-electron chi connectivity index (χ0n) is 9.62. The van der Waals surface area contributed by atoms with Crippen LogP contribution in [0.3, 0.4) is 0 Å². The van der Waals surface area contributed by atoms with Crippen molar-refractivity contribution >= 4 is 17.9 Å². The molecule has 18 heavy (non-hydrogen) atoms. The zero-order valence-corrected chi connectivity index (χ0v) is 9.62. The van der Waals surface area contributed by atoms with Gasteiger partial charge in [0.2, 0.25) is 0 Å². The highest BCUT2D eigenvalue weighted by atomic mass is 16.5. The average Bonchev–Trinajstić information content (AvgIpc) is 2.36. The van der Waals surface area contributed by atoms with Crippen LogP contribution in [-0.2, 0) is 14.3 Å². The maximum Gasteiger partial charge on any atom is 0.338 e. The maximum atomic E-state index is 11.5. The van der Waals surface area contributed by atoms with Crippen LogP contribution in [0, 0.1) is 5.41 Å². The monoisotopic (exact) mass is 252 g/mol. The van der Waals surface area contributed by atoms with E-state index in [0.29, 0.717) is 0 Å². The van der Waals surface area contributed by atoms with E-state index in [-0.39, 0.29) is 5.56 Å². The van der Waals surface area contributed by atoms with Crippen LogP contribution in [0.15, 0.2) is 30.3 Å². The van der Waals surface area contributed by atoms with Crippen molar-refractivity contribution < 1.29 is 29.3 Å². The van der Waals surface area contributed by atoms with Crippen molar-refractivity contribution in [2.75, 3.05) is 6.61 Å². The van der Waals surface area contributed by atoms with Gasteiger partial charge in [-0.05, 0) is 19.1 Å². The predicted octanol–water partition coefficient (Wildman–Crippen LogP) is 1.02. The van der Waals surface area contributed by atoms with Gasteiger partial charge in [0.1, 0.15) is 6.61 Å². The quantitative estimate of drug-likeness (QED) is 0.599. The van der Waals surface area contributed by atoms with Crippen LogP contribution >= 0.6 is 0 Å². The molecule has 0 aliphatic heterocycles. The Morgan fingerprint density at radius 1 is 1.11 bits per heavy atom. The molecular formula is C12H12O6. The third-order valence-electron chi connectivity index (χ3n) is 2.45. The highest BCUT2D eigenvalue weighted by molar-refractivity contribution is 5.98. The molecular weight excluding hydrogens is 240 g/mol. The molecule has 0 saturated carbocycles. The van der Waals surface area contributed by atoms with E-state index < -0.39 is 29.9 Å². The van der Waals surface area contributed by atoms with Gasteiger partial charge in [-0.15, -0.1) is 0 Å². The normalized spacial score (nSPS) is 10.7. The summed E-state index contributed by atoms with van der Waals surface area (Å²) >= 11 is 0. The van der Waals surface area contributed by atoms with Gasteiger partial charge in [0.15, 0.2) is 5.41 Å². The van der Waals surface area contributed by atoms with Gasteiger partial charge in [-0.1, -0.05) is 18.2 Å². The lowest BCUT2D eigenvalue weighted by Gasteiger charge is -2.19. The van der Waals surface area contributed by atoms with E-state index in [9.17, 15) is 14.4 Å². The minimum atomic E-state index is -2.15. The molecule has 6 heteroatoms. The Morgan fingerprint density at radius 3 is 2.06 bits per heavy atom. The molecule has 0 aromatic heterocycles. The molecule has 0 unspecified atom stereocenters. The third kappa shape index (κ3) is 2.85. The van der Waals surface area contributed by atoms with Crippen LogP contribution in [0.2, 0.25) is 0 Å². The number of carbonyl (C=O) groups excluding carboxylic acids is 1. The SMILES string of the molecule is CC(COC(=O)c1ccccc1)(C(=O)O)C(=O)O. The van der Waals surface area contributed by atoms with Gasteiger partial charge in [0, 0.05) is 0 Å². The van der Waals surface area contributed by atoms with Crippen molar-refractivity contribution in [2.24, 2.45) is 5.41 Å². The Bertz CT molecular complexity index is 451. The summed E-state index contributed by atoms with van der Waals surface area (Å²) in [6, 6.07) is 7.91. The van der Waals surface area contributed by atoms with E-state index in [1.807, 2.05) is 0 Å². The number of esters is 1. The minimum Gasteiger partial charge on any atom is -0.480 e. The lowest BCUT2D eigenvalue weighted by atomic mass is 9.92. The van der Waals surface area contributed by atoms with Crippen LogP contribution in [-0.4, -0.2) is 34.7 Å². The largest absolute Gasteiger partial charge is 0.480 e. The first-order valence-electron chi connectivity index (χ1n) is 5.07. The zero-order chi connectivity index (χ0) is 13.8. The summed E-state index contributed by atoms with van der Waals surface area (Å²) in [7, 11) is 0. The number of hydrogen-bond donors (Lipinski definition) is 2. The molecule has 6 nitrogen and oxygen atoms in total. The van der Waals surface area contributed by atoms with Crippen LogP contribution in [0.1, 0.15) is 17.3 Å². The molecule has 0 spiro atoms. The van der Waals surface area contributed by atoms with Gasteiger partial charge in [-0.2, -0.15) is 0 Å². The lowest BCUT2D eigenvalue weighted by Crippen LogP contribution is -2.41. The fourth-order valence-corrected chi connectivity index (χ4v) is 1.08. The topological polar surface area (TPSA) is 101 Å². The summed E-state index contributed by atoms with van der Waals surface area (Å²) in [5.41, 5.74) is -1.92. The second-order valence-electron chi connectivity index (χ2n) is 3.88. The molecule has 1 aromatic rings. The van der Waals surface area contributed by atoms with Gasteiger partial charge < -0.3 is 14.9 Å². The second kappa shape index (κ2) is 5.31. The number of benzene rings is 1. The van der Waals surface area contributed by atoms with E-state index in [1.54, 1.807) is 18.2 Å². The maximum absolute atomic E-state index is 11.5. The molecule has 1 aromatic carbocycles. The number of carbonyl (C=O) groups is 3. The molecule has 2 N–H and O–H groups in total. The number of carboxylic acids is 2. The number of rotatable bonds is 5. The third-order valence-corrected chi connectivity index (χ3v) is 2.45. The second-order valence-corrected chi connectivity index (χ2v) is 3.88. The summed E-state index contributed by atoms with van der Waals surface area (Å²) < 4.78 is 4.72. The summed E-state index contributed by atoms with van der Waals surface area (Å²) in [6.45, 7) is 0.251. The molecule has 1 rings (SSSR count). The Morgan fingerprint density at radius 2 is 1.61 bits per heavy atom. The minimum absolute atomic E-state index is 0.232. The van der Waals surface area contributed by atoms with Crippen molar-refractivity contribution in [1.82, 2.24) is 0 Å². The summed E-state index contributed by atoms with van der Waals surface area (Å²) in [6.07, 6.45) is 0. The molecule has 0 amide bonds. The van der Waals surface area contributed by atoms with Crippen molar-refractivity contribution in [3.05, 3.63) is 35.9 Å². The number of ether oxygens (including phenoxy) is 1. The average molecular weight is 252 g/mol. The van der Waals surface area contributed by atoms with Crippen LogP contribution in [0.4, 0.5) is 0 Å². The Hall–Kier alpha value is -2.37. The van der Waals surface area contributed by atoms with Gasteiger partial charge in [0.25, 0.3) is 0 Å². The molecule has 96 valence electrons. The number of aliphatic carboxylic acids is 2. The lowest BCUT2D eigenvalue weighted by molar-refractivity contribution is -0.166. The highest BCUT2D eigenvalue weighted by Crippen LogP contribution is 2.18. The van der Waals surface area contributed by atoms with Crippen molar-refractivity contribution in [3.8, 4) is 0 Å². The Kier molecular flexibility index (Phi) is 4.04. The first-order chi connectivity index (χ1) is 8.38. The first kappa shape index (κ1) is 13.7.